The lowest BCUT2D eigenvalue weighted by Crippen LogP contribution is -2.38. The number of fused-ring (bicyclic) bond motifs is 1. The number of anilines is 1. The van der Waals surface area contributed by atoms with Crippen LogP contribution >= 0.6 is 0 Å². The van der Waals surface area contributed by atoms with Gasteiger partial charge in [0.15, 0.2) is 0 Å². The van der Waals surface area contributed by atoms with Crippen molar-refractivity contribution in [1.82, 2.24) is 0 Å². The van der Waals surface area contributed by atoms with Crippen molar-refractivity contribution in [1.29, 1.82) is 0 Å². The summed E-state index contributed by atoms with van der Waals surface area (Å²) in [6.07, 6.45) is 0.957. The molecule has 1 aromatic carbocycles. The molecule has 14 heavy (non-hydrogen) atoms. The smallest absolute Gasteiger partial charge is 0.0676 e. The molecule has 0 aromatic heterocycles. The van der Waals surface area contributed by atoms with E-state index in [1.165, 1.54) is 10.6 Å². The lowest BCUT2D eigenvalue weighted by molar-refractivity contribution is 0.191. The minimum absolute atomic E-state index is 0.0418. The summed E-state index contributed by atoms with van der Waals surface area (Å²) < 4.78 is 0. The third-order valence-electron chi connectivity index (χ3n) is 3.36. The zero-order valence-electron chi connectivity index (χ0n) is 8.99. The molecule has 76 valence electrons. The van der Waals surface area contributed by atoms with Crippen LogP contribution in [-0.2, 0) is 5.41 Å². The van der Waals surface area contributed by atoms with Crippen LogP contribution in [0.1, 0.15) is 32.8 Å². The zero-order valence-corrected chi connectivity index (χ0v) is 8.99. The summed E-state index contributed by atoms with van der Waals surface area (Å²) in [5, 5.41) is 11.4. The second-order valence-corrected chi connectivity index (χ2v) is 4.51. The number of hydrogen-bond donors (Lipinski definition) is 1. The number of rotatable bonds is 1. The van der Waals surface area contributed by atoms with E-state index in [9.17, 15) is 5.21 Å². The molecule has 0 amide bonds. The first-order valence-electron chi connectivity index (χ1n) is 5.16. The van der Waals surface area contributed by atoms with Crippen LogP contribution in [0.2, 0.25) is 0 Å². The number of hydroxylamine groups is 1. The van der Waals surface area contributed by atoms with Gasteiger partial charge in [-0.05, 0) is 18.1 Å². The van der Waals surface area contributed by atoms with E-state index >= 15 is 0 Å². The van der Waals surface area contributed by atoms with Crippen molar-refractivity contribution >= 4 is 5.69 Å². The molecule has 1 heterocycles. The van der Waals surface area contributed by atoms with Crippen LogP contribution in [0.25, 0.3) is 0 Å². The van der Waals surface area contributed by atoms with Gasteiger partial charge in [-0.1, -0.05) is 39.0 Å². The maximum atomic E-state index is 10.0. The normalized spacial score (nSPS) is 23.7. The lowest BCUT2D eigenvalue weighted by atomic mass is 9.80. The topological polar surface area (TPSA) is 23.5 Å². The molecule has 0 bridgehead atoms. The van der Waals surface area contributed by atoms with Crippen molar-refractivity contribution in [3.8, 4) is 0 Å². The summed E-state index contributed by atoms with van der Waals surface area (Å²) in [4.78, 5) is 0. The molecule has 0 saturated heterocycles. The van der Waals surface area contributed by atoms with Crippen LogP contribution in [0.15, 0.2) is 24.3 Å². The van der Waals surface area contributed by atoms with Crippen molar-refractivity contribution in [2.24, 2.45) is 0 Å². The van der Waals surface area contributed by atoms with E-state index in [0.717, 1.165) is 12.1 Å². The van der Waals surface area contributed by atoms with Gasteiger partial charge < -0.3 is 0 Å². The molecule has 1 N–H and O–H groups in total. The second-order valence-electron chi connectivity index (χ2n) is 4.51. The Balaban J connectivity index is 2.55. The molecule has 0 saturated carbocycles. The molecule has 2 rings (SSSR count). The Kier molecular flexibility index (Phi) is 2.04. The highest BCUT2D eigenvalue weighted by Gasteiger charge is 2.42. The SMILES string of the molecule is CCC1N(O)c2ccccc2C1(C)C. The van der Waals surface area contributed by atoms with Crippen molar-refractivity contribution in [3.63, 3.8) is 0 Å². The first kappa shape index (κ1) is 9.53. The molecular weight excluding hydrogens is 174 g/mol. The molecule has 0 radical (unpaired) electrons. The van der Waals surface area contributed by atoms with Gasteiger partial charge in [-0.3, -0.25) is 10.3 Å². The summed E-state index contributed by atoms with van der Waals surface area (Å²) >= 11 is 0. The highest BCUT2D eigenvalue weighted by molar-refractivity contribution is 5.61. The van der Waals surface area contributed by atoms with Crippen LogP contribution in [0, 0.1) is 0 Å². The van der Waals surface area contributed by atoms with E-state index in [4.69, 9.17) is 0 Å². The van der Waals surface area contributed by atoms with Crippen molar-refractivity contribution in [3.05, 3.63) is 29.8 Å². The maximum absolute atomic E-state index is 10.0. The van der Waals surface area contributed by atoms with Crippen LogP contribution in [0.5, 0.6) is 0 Å². The third kappa shape index (κ3) is 1.07. The van der Waals surface area contributed by atoms with Gasteiger partial charge in [-0.15, -0.1) is 0 Å². The summed E-state index contributed by atoms with van der Waals surface area (Å²) in [6, 6.07) is 8.28. The summed E-state index contributed by atoms with van der Waals surface area (Å²) in [7, 11) is 0. The van der Waals surface area contributed by atoms with Crippen molar-refractivity contribution in [2.45, 2.75) is 38.6 Å². The van der Waals surface area contributed by atoms with Gasteiger partial charge in [0.25, 0.3) is 0 Å². The Bertz CT molecular complexity index is 346. The van der Waals surface area contributed by atoms with E-state index in [2.05, 4.69) is 26.8 Å². The molecule has 1 aliphatic heterocycles. The summed E-state index contributed by atoms with van der Waals surface area (Å²) in [5.74, 6) is 0. The highest BCUT2D eigenvalue weighted by Crippen LogP contribution is 2.44. The van der Waals surface area contributed by atoms with Crippen molar-refractivity contribution in [2.75, 3.05) is 5.06 Å². The minimum Gasteiger partial charge on any atom is -0.288 e. The Hall–Kier alpha value is -1.02. The number of para-hydroxylation sites is 1. The number of hydrogen-bond acceptors (Lipinski definition) is 2. The van der Waals surface area contributed by atoms with Crippen LogP contribution in [-0.4, -0.2) is 11.2 Å². The zero-order chi connectivity index (χ0) is 10.3. The standard InChI is InChI=1S/C12H17NO/c1-4-11-12(2,3)9-7-5-6-8-10(9)13(11)14/h5-8,11,14H,4H2,1-3H3. The number of nitrogens with zero attached hydrogens (tertiary/aromatic N) is 1. The summed E-state index contributed by atoms with van der Waals surface area (Å²) in [5.41, 5.74) is 2.25. The molecule has 0 spiro atoms. The molecular formula is C12H17NO. The molecule has 1 atom stereocenters. The fourth-order valence-electron chi connectivity index (χ4n) is 2.55. The van der Waals surface area contributed by atoms with Gasteiger partial charge in [-0.25, -0.2) is 0 Å². The molecule has 0 fully saturated rings. The molecule has 2 nitrogen and oxygen atoms in total. The van der Waals surface area contributed by atoms with Crippen LogP contribution in [0.4, 0.5) is 5.69 Å². The largest absolute Gasteiger partial charge is 0.288 e. The first-order chi connectivity index (χ1) is 6.59. The third-order valence-corrected chi connectivity index (χ3v) is 3.36. The van der Waals surface area contributed by atoms with Crippen LogP contribution < -0.4 is 5.06 Å². The quantitative estimate of drug-likeness (QED) is 0.737. The Morgan fingerprint density at radius 3 is 2.57 bits per heavy atom. The summed E-state index contributed by atoms with van der Waals surface area (Å²) in [6.45, 7) is 6.49. The van der Waals surface area contributed by atoms with Gasteiger partial charge in [0.1, 0.15) is 0 Å². The van der Waals surface area contributed by atoms with E-state index in [-0.39, 0.29) is 11.5 Å². The van der Waals surface area contributed by atoms with Gasteiger partial charge in [0.2, 0.25) is 0 Å². The van der Waals surface area contributed by atoms with Gasteiger partial charge in [0.05, 0.1) is 11.7 Å². The second kappa shape index (κ2) is 2.99. The van der Waals surface area contributed by atoms with E-state index in [1.807, 2.05) is 18.2 Å². The monoisotopic (exact) mass is 191 g/mol. The van der Waals surface area contributed by atoms with Gasteiger partial charge in [0, 0.05) is 5.41 Å². The van der Waals surface area contributed by atoms with Gasteiger partial charge >= 0.3 is 0 Å². The van der Waals surface area contributed by atoms with Gasteiger partial charge in [-0.2, -0.15) is 0 Å². The van der Waals surface area contributed by atoms with E-state index in [1.54, 1.807) is 0 Å². The van der Waals surface area contributed by atoms with Crippen molar-refractivity contribution < 1.29 is 5.21 Å². The predicted octanol–water partition coefficient (Wildman–Crippen LogP) is 2.95. The molecule has 1 aliphatic rings. The average molecular weight is 191 g/mol. The van der Waals surface area contributed by atoms with E-state index in [0.29, 0.717) is 0 Å². The molecule has 0 aliphatic carbocycles. The maximum Gasteiger partial charge on any atom is 0.0676 e. The number of benzene rings is 1. The predicted molar refractivity (Wildman–Crippen MR) is 57.8 cm³/mol. The Morgan fingerprint density at radius 1 is 1.36 bits per heavy atom. The molecule has 2 heteroatoms. The van der Waals surface area contributed by atoms with Crippen LogP contribution in [0.3, 0.4) is 0 Å². The minimum atomic E-state index is 0.0418. The molecule has 1 aromatic rings. The molecule has 1 unspecified atom stereocenters. The lowest BCUT2D eigenvalue weighted by Gasteiger charge is -2.29. The average Bonchev–Trinajstić information content (AvgIpc) is 2.36. The van der Waals surface area contributed by atoms with E-state index < -0.39 is 0 Å². The fraction of sp³-hybridized carbons (Fsp3) is 0.500. The Morgan fingerprint density at radius 2 is 2.00 bits per heavy atom. The highest BCUT2D eigenvalue weighted by atomic mass is 16.5. The fourth-order valence-corrected chi connectivity index (χ4v) is 2.55. The Labute approximate surface area is 85.1 Å². The first-order valence-corrected chi connectivity index (χ1v) is 5.16.